The van der Waals surface area contributed by atoms with Gasteiger partial charge in [-0.3, -0.25) is 9.59 Å². The standard InChI is InChI=1S/C19H19FN2O2S/c20-16-7-1-2-8-17(16)25-12-10-18(23)21-14-5-3-6-15(13-14)22-11-4-9-19(22)24/h1-3,5-8,13H,4,9-12H2,(H,21,23). The maximum Gasteiger partial charge on any atom is 0.227 e. The molecule has 25 heavy (non-hydrogen) atoms. The summed E-state index contributed by atoms with van der Waals surface area (Å²) in [5.74, 6) is 0.214. The van der Waals surface area contributed by atoms with E-state index >= 15 is 0 Å². The van der Waals surface area contributed by atoms with Crippen molar-refractivity contribution < 1.29 is 14.0 Å². The van der Waals surface area contributed by atoms with Gasteiger partial charge in [0.2, 0.25) is 11.8 Å². The predicted molar refractivity (Wildman–Crippen MR) is 98.4 cm³/mol. The molecule has 6 heteroatoms. The lowest BCUT2D eigenvalue weighted by Gasteiger charge is -2.16. The number of amides is 2. The van der Waals surface area contributed by atoms with Crippen molar-refractivity contribution in [3.05, 3.63) is 54.3 Å². The molecule has 1 fully saturated rings. The Labute approximate surface area is 150 Å². The molecule has 0 radical (unpaired) electrons. The van der Waals surface area contributed by atoms with Crippen molar-refractivity contribution in [2.24, 2.45) is 0 Å². The molecule has 1 aliphatic heterocycles. The van der Waals surface area contributed by atoms with Gasteiger partial charge in [-0.2, -0.15) is 0 Å². The summed E-state index contributed by atoms with van der Waals surface area (Å²) in [5, 5.41) is 2.84. The maximum atomic E-state index is 13.5. The Hall–Kier alpha value is -2.34. The Kier molecular flexibility index (Phi) is 5.71. The van der Waals surface area contributed by atoms with Crippen LogP contribution >= 0.6 is 11.8 Å². The fraction of sp³-hybridized carbons (Fsp3) is 0.263. The van der Waals surface area contributed by atoms with Gasteiger partial charge in [0, 0.05) is 41.4 Å². The molecular formula is C19H19FN2O2S. The van der Waals surface area contributed by atoms with Crippen molar-refractivity contribution >= 4 is 35.0 Å². The van der Waals surface area contributed by atoms with E-state index in [2.05, 4.69) is 5.32 Å². The minimum Gasteiger partial charge on any atom is -0.326 e. The first-order valence-corrected chi connectivity index (χ1v) is 9.19. The second kappa shape index (κ2) is 8.16. The van der Waals surface area contributed by atoms with Crippen LogP contribution in [0.4, 0.5) is 15.8 Å². The summed E-state index contributed by atoms with van der Waals surface area (Å²) in [6.45, 7) is 0.718. The van der Waals surface area contributed by atoms with E-state index in [-0.39, 0.29) is 24.1 Å². The van der Waals surface area contributed by atoms with Gasteiger partial charge in [0.25, 0.3) is 0 Å². The molecule has 0 spiro atoms. The third kappa shape index (κ3) is 4.60. The summed E-state index contributed by atoms with van der Waals surface area (Å²) in [6, 6.07) is 13.8. The zero-order chi connectivity index (χ0) is 17.6. The number of carbonyl (C=O) groups is 2. The Morgan fingerprint density at radius 3 is 2.80 bits per heavy atom. The second-order valence-corrected chi connectivity index (χ2v) is 6.91. The number of rotatable bonds is 6. The molecular weight excluding hydrogens is 339 g/mol. The molecule has 0 atom stereocenters. The Morgan fingerprint density at radius 1 is 1.20 bits per heavy atom. The van der Waals surface area contributed by atoms with Crippen molar-refractivity contribution in [1.29, 1.82) is 0 Å². The summed E-state index contributed by atoms with van der Waals surface area (Å²) in [6.07, 6.45) is 1.72. The number of halogens is 1. The van der Waals surface area contributed by atoms with E-state index in [4.69, 9.17) is 0 Å². The molecule has 2 amide bonds. The van der Waals surface area contributed by atoms with Crippen LogP contribution in [0.2, 0.25) is 0 Å². The number of nitrogens with one attached hydrogen (secondary N) is 1. The van der Waals surface area contributed by atoms with E-state index in [1.807, 2.05) is 18.2 Å². The molecule has 2 aromatic carbocycles. The van der Waals surface area contributed by atoms with Crippen LogP contribution in [-0.4, -0.2) is 24.1 Å². The summed E-state index contributed by atoms with van der Waals surface area (Å²) in [4.78, 5) is 26.2. The zero-order valence-electron chi connectivity index (χ0n) is 13.7. The number of thioether (sulfide) groups is 1. The van der Waals surface area contributed by atoms with Crippen molar-refractivity contribution in [3.63, 3.8) is 0 Å². The number of hydrogen-bond acceptors (Lipinski definition) is 3. The topological polar surface area (TPSA) is 49.4 Å². The summed E-state index contributed by atoms with van der Waals surface area (Å²) in [7, 11) is 0. The van der Waals surface area contributed by atoms with Crippen LogP contribution in [0.1, 0.15) is 19.3 Å². The Bertz CT molecular complexity index is 782. The van der Waals surface area contributed by atoms with Gasteiger partial charge in [-0.25, -0.2) is 4.39 Å². The molecule has 0 unspecified atom stereocenters. The highest BCUT2D eigenvalue weighted by Gasteiger charge is 2.21. The molecule has 130 valence electrons. The maximum absolute atomic E-state index is 13.5. The molecule has 0 saturated carbocycles. The van der Waals surface area contributed by atoms with Crippen molar-refractivity contribution in [2.45, 2.75) is 24.2 Å². The quantitative estimate of drug-likeness (QED) is 0.792. The number of hydrogen-bond donors (Lipinski definition) is 1. The molecule has 1 heterocycles. The minimum absolute atomic E-state index is 0.116. The van der Waals surface area contributed by atoms with E-state index in [1.54, 1.807) is 29.2 Å². The van der Waals surface area contributed by atoms with E-state index in [0.29, 0.717) is 22.8 Å². The van der Waals surface area contributed by atoms with Gasteiger partial charge >= 0.3 is 0 Å². The lowest BCUT2D eigenvalue weighted by atomic mass is 10.2. The normalized spacial score (nSPS) is 14.0. The predicted octanol–water partition coefficient (Wildman–Crippen LogP) is 4.07. The van der Waals surface area contributed by atoms with Crippen LogP contribution in [0.25, 0.3) is 0 Å². The van der Waals surface area contributed by atoms with Gasteiger partial charge in [-0.05, 0) is 36.8 Å². The third-order valence-corrected chi connectivity index (χ3v) is 4.99. The number of benzene rings is 2. The van der Waals surface area contributed by atoms with Gasteiger partial charge in [0.15, 0.2) is 0 Å². The van der Waals surface area contributed by atoms with E-state index < -0.39 is 0 Å². The second-order valence-electron chi connectivity index (χ2n) is 5.78. The molecule has 1 N–H and O–H groups in total. The third-order valence-electron chi connectivity index (χ3n) is 3.94. The molecule has 2 aromatic rings. The van der Waals surface area contributed by atoms with Gasteiger partial charge in [-0.15, -0.1) is 11.8 Å². The SMILES string of the molecule is O=C(CCSc1ccccc1F)Nc1cccc(N2CCCC2=O)c1. The lowest BCUT2D eigenvalue weighted by Crippen LogP contribution is -2.23. The minimum atomic E-state index is -0.268. The monoisotopic (exact) mass is 358 g/mol. The van der Waals surface area contributed by atoms with Crippen LogP contribution in [0.15, 0.2) is 53.4 Å². The zero-order valence-corrected chi connectivity index (χ0v) is 14.5. The van der Waals surface area contributed by atoms with E-state index in [9.17, 15) is 14.0 Å². The molecule has 4 nitrogen and oxygen atoms in total. The van der Waals surface area contributed by atoms with Crippen LogP contribution in [-0.2, 0) is 9.59 Å². The van der Waals surface area contributed by atoms with Crippen LogP contribution in [0, 0.1) is 5.82 Å². The molecule has 1 saturated heterocycles. The first-order chi connectivity index (χ1) is 12.1. The summed E-state index contributed by atoms with van der Waals surface area (Å²) in [5.41, 5.74) is 1.47. The Balaban J connectivity index is 1.53. The fourth-order valence-corrected chi connectivity index (χ4v) is 3.60. The Morgan fingerprint density at radius 2 is 2.04 bits per heavy atom. The van der Waals surface area contributed by atoms with Crippen LogP contribution < -0.4 is 10.2 Å². The lowest BCUT2D eigenvalue weighted by molar-refractivity contribution is -0.117. The smallest absolute Gasteiger partial charge is 0.227 e. The first-order valence-electron chi connectivity index (χ1n) is 8.21. The van der Waals surface area contributed by atoms with Crippen molar-refractivity contribution in [3.8, 4) is 0 Å². The average Bonchev–Trinajstić information content (AvgIpc) is 3.03. The van der Waals surface area contributed by atoms with Crippen molar-refractivity contribution in [1.82, 2.24) is 0 Å². The summed E-state index contributed by atoms with van der Waals surface area (Å²) < 4.78 is 13.5. The first kappa shape index (κ1) is 17.5. The largest absolute Gasteiger partial charge is 0.326 e. The van der Waals surface area contributed by atoms with Crippen LogP contribution in [0.3, 0.4) is 0 Å². The molecule has 0 aromatic heterocycles. The molecule has 3 rings (SSSR count). The van der Waals surface area contributed by atoms with Gasteiger partial charge in [0.05, 0.1) is 0 Å². The molecule has 0 bridgehead atoms. The van der Waals surface area contributed by atoms with Crippen molar-refractivity contribution in [2.75, 3.05) is 22.5 Å². The highest BCUT2D eigenvalue weighted by atomic mass is 32.2. The molecule has 1 aliphatic rings. The number of anilines is 2. The van der Waals surface area contributed by atoms with E-state index in [1.165, 1.54) is 17.8 Å². The highest BCUT2D eigenvalue weighted by molar-refractivity contribution is 7.99. The van der Waals surface area contributed by atoms with Gasteiger partial charge in [-0.1, -0.05) is 18.2 Å². The highest BCUT2D eigenvalue weighted by Crippen LogP contribution is 2.25. The average molecular weight is 358 g/mol. The number of nitrogens with zero attached hydrogens (tertiary/aromatic N) is 1. The fourth-order valence-electron chi connectivity index (χ4n) is 2.71. The van der Waals surface area contributed by atoms with Gasteiger partial charge in [0.1, 0.15) is 5.82 Å². The van der Waals surface area contributed by atoms with Crippen LogP contribution in [0.5, 0.6) is 0 Å². The number of carbonyl (C=O) groups excluding carboxylic acids is 2. The van der Waals surface area contributed by atoms with Gasteiger partial charge < -0.3 is 10.2 Å². The van der Waals surface area contributed by atoms with E-state index in [0.717, 1.165) is 18.7 Å². The molecule has 0 aliphatic carbocycles. The summed E-state index contributed by atoms with van der Waals surface area (Å²) >= 11 is 1.32.